The van der Waals surface area contributed by atoms with Crippen LogP contribution in [-0.2, 0) is 14.3 Å². The first-order chi connectivity index (χ1) is 7.20. The maximum atomic E-state index is 11.7. The summed E-state index contributed by atoms with van der Waals surface area (Å²) in [7, 11) is 6.99. The van der Waals surface area contributed by atoms with Gasteiger partial charge in [-0.1, -0.05) is 0 Å². The van der Waals surface area contributed by atoms with Crippen molar-refractivity contribution in [1.29, 1.82) is 0 Å². The lowest BCUT2D eigenvalue weighted by molar-refractivity contribution is -0.873. The maximum absolute atomic E-state index is 11.7. The quantitative estimate of drug-likeness (QED) is 0.303. The molecule has 1 heterocycles. The molecule has 1 amide bonds. The summed E-state index contributed by atoms with van der Waals surface area (Å²) in [6.45, 7) is 0.377. The number of hydrogen-bond donors (Lipinski definition) is 2. The highest BCUT2D eigenvalue weighted by molar-refractivity contribution is 5.94. The van der Waals surface area contributed by atoms with Crippen molar-refractivity contribution in [2.45, 2.75) is 18.1 Å². The molecule has 1 aliphatic rings. The minimum Gasteiger partial charge on any atom is -1.00 e. The van der Waals surface area contributed by atoms with Crippen LogP contribution in [0.15, 0.2) is 0 Å². The van der Waals surface area contributed by atoms with Crippen molar-refractivity contribution in [1.82, 2.24) is 5.32 Å². The van der Waals surface area contributed by atoms with Crippen molar-refractivity contribution < 1.29 is 47.9 Å². The average Bonchev–Trinajstić information content (AvgIpc) is 2.39. The monoisotopic (exact) mass is 358 g/mol. The van der Waals surface area contributed by atoms with Gasteiger partial charge in [-0.15, -0.1) is 0 Å². The number of aliphatic hydroxyl groups is 1. The van der Waals surface area contributed by atoms with Gasteiger partial charge in [0.1, 0.15) is 12.6 Å². The highest BCUT2D eigenvalue weighted by atomic mass is 127. The Labute approximate surface area is 118 Å². The van der Waals surface area contributed by atoms with E-state index in [2.05, 4.69) is 5.32 Å². The smallest absolute Gasteiger partial charge is 0.337 e. The molecule has 1 rings (SSSR count). The van der Waals surface area contributed by atoms with Crippen molar-refractivity contribution in [3.05, 3.63) is 0 Å². The van der Waals surface area contributed by atoms with Crippen LogP contribution in [0.1, 0.15) is 6.42 Å². The van der Waals surface area contributed by atoms with Crippen molar-refractivity contribution >= 4 is 11.9 Å². The Kier molecular flexibility index (Phi) is 5.36. The minimum atomic E-state index is -1.13. The van der Waals surface area contributed by atoms with Gasteiger partial charge in [-0.05, 0) is 0 Å². The van der Waals surface area contributed by atoms with Crippen LogP contribution in [0.25, 0.3) is 0 Å². The van der Waals surface area contributed by atoms with Crippen molar-refractivity contribution in [3.8, 4) is 0 Å². The fourth-order valence-corrected chi connectivity index (χ4v) is 2.10. The van der Waals surface area contributed by atoms with Crippen LogP contribution in [0.2, 0.25) is 0 Å². The number of halogens is 1. The molecular formula is C10H19IN2O4. The number of esters is 1. The second-order valence-electron chi connectivity index (χ2n) is 5.23. The highest BCUT2D eigenvalue weighted by Crippen LogP contribution is 2.24. The summed E-state index contributed by atoms with van der Waals surface area (Å²) < 4.78 is 5.19. The number of rotatable bonds is 3. The number of nitrogens with zero attached hydrogens (tertiary/aromatic N) is 1. The van der Waals surface area contributed by atoms with Crippen LogP contribution >= 0.6 is 0 Å². The normalized spacial score (nSPS) is 28.3. The van der Waals surface area contributed by atoms with Gasteiger partial charge in [-0.3, -0.25) is 4.79 Å². The molecule has 0 aromatic heterocycles. The molecule has 2 N–H and O–H groups in total. The Morgan fingerprint density at radius 3 is 2.41 bits per heavy atom. The second kappa shape index (κ2) is 5.49. The third kappa shape index (κ3) is 3.78. The van der Waals surface area contributed by atoms with Gasteiger partial charge >= 0.3 is 5.97 Å². The van der Waals surface area contributed by atoms with E-state index in [1.165, 1.54) is 7.11 Å². The molecule has 7 heteroatoms. The SMILES string of the molecule is COC(=O)[C@@]1(C[N+](C)(C)C)C[C@H](O)C(=O)N1.[I-]. The van der Waals surface area contributed by atoms with E-state index in [1.54, 1.807) is 0 Å². The molecule has 0 saturated carbocycles. The minimum absolute atomic E-state index is 0. The molecule has 0 aliphatic carbocycles. The van der Waals surface area contributed by atoms with Gasteiger partial charge in [0.05, 0.1) is 28.3 Å². The molecule has 2 atom stereocenters. The number of ether oxygens (including phenoxy) is 1. The number of aliphatic hydroxyl groups excluding tert-OH is 1. The first-order valence-corrected chi connectivity index (χ1v) is 5.09. The van der Waals surface area contributed by atoms with E-state index in [0.29, 0.717) is 11.0 Å². The molecule has 1 saturated heterocycles. The summed E-state index contributed by atoms with van der Waals surface area (Å²) in [6, 6.07) is 0. The topological polar surface area (TPSA) is 75.6 Å². The van der Waals surface area contributed by atoms with Crippen LogP contribution in [0, 0.1) is 0 Å². The molecule has 6 nitrogen and oxygen atoms in total. The summed E-state index contributed by atoms with van der Waals surface area (Å²) in [5.74, 6) is -1.02. The van der Waals surface area contributed by atoms with Gasteiger partial charge in [0.15, 0.2) is 5.54 Å². The van der Waals surface area contributed by atoms with E-state index in [9.17, 15) is 14.7 Å². The second-order valence-corrected chi connectivity index (χ2v) is 5.23. The first-order valence-electron chi connectivity index (χ1n) is 5.09. The number of methoxy groups -OCH3 is 1. The van der Waals surface area contributed by atoms with E-state index in [1.807, 2.05) is 21.1 Å². The number of carbonyl (C=O) groups is 2. The lowest BCUT2D eigenvalue weighted by Gasteiger charge is -2.34. The van der Waals surface area contributed by atoms with Gasteiger partial charge in [-0.2, -0.15) is 0 Å². The molecule has 1 aliphatic heterocycles. The van der Waals surface area contributed by atoms with E-state index in [-0.39, 0.29) is 30.4 Å². The first kappa shape index (κ1) is 16.6. The molecule has 17 heavy (non-hydrogen) atoms. The summed E-state index contributed by atoms with van der Waals surface area (Å²) in [5, 5.41) is 12.0. The molecule has 0 radical (unpaired) electrons. The molecule has 1 fully saturated rings. The van der Waals surface area contributed by atoms with Gasteiger partial charge in [-0.25, -0.2) is 4.79 Å². The van der Waals surface area contributed by atoms with Crippen molar-refractivity contribution in [2.24, 2.45) is 0 Å². The van der Waals surface area contributed by atoms with E-state index < -0.39 is 23.5 Å². The molecule has 0 unspecified atom stereocenters. The van der Waals surface area contributed by atoms with Gasteiger partial charge in [0.2, 0.25) is 5.91 Å². The van der Waals surface area contributed by atoms with Crippen LogP contribution in [0.4, 0.5) is 0 Å². The lowest BCUT2D eigenvalue weighted by Crippen LogP contribution is -3.00. The standard InChI is InChI=1S/C10H18N2O4.HI/c1-12(2,3)6-10(9(15)16-4)5-7(13)8(14)11-10;/h7,13H,5-6H2,1-4H3;1H/t7-,10-;/m0./s1. The van der Waals surface area contributed by atoms with Gasteiger partial charge in [0.25, 0.3) is 0 Å². The van der Waals surface area contributed by atoms with Gasteiger partial charge in [0, 0.05) is 6.42 Å². The predicted octanol–water partition coefficient (Wildman–Crippen LogP) is -4.51. The van der Waals surface area contributed by atoms with Crippen LogP contribution in [0.3, 0.4) is 0 Å². The number of amides is 1. The third-order valence-electron chi connectivity index (χ3n) is 2.53. The number of hydrogen-bond acceptors (Lipinski definition) is 4. The zero-order valence-electron chi connectivity index (χ0n) is 10.5. The number of nitrogens with one attached hydrogen (secondary N) is 1. The van der Waals surface area contributed by atoms with Crippen molar-refractivity contribution in [3.63, 3.8) is 0 Å². The third-order valence-corrected chi connectivity index (χ3v) is 2.53. The Morgan fingerprint density at radius 1 is 1.59 bits per heavy atom. The van der Waals surface area contributed by atoms with Gasteiger partial charge < -0.3 is 43.6 Å². The average molecular weight is 358 g/mol. The molecule has 0 spiro atoms. The Morgan fingerprint density at radius 2 is 2.12 bits per heavy atom. The van der Waals surface area contributed by atoms with E-state index >= 15 is 0 Å². The summed E-state index contributed by atoms with van der Waals surface area (Å²) in [4.78, 5) is 23.1. The fraction of sp³-hybridized carbons (Fsp3) is 0.800. The van der Waals surface area contributed by atoms with Crippen LogP contribution < -0.4 is 29.3 Å². The maximum Gasteiger partial charge on any atom is 0.337 e. The molecule has 0 aromatic rings. The zero-order valence-corrected chi connectivity index (χ0v) is 12.6. The number of quaternary nitrogens is 1. The lowest BCUT2D eigenvalue weighted by atomic mass is 9.95. The largest absolute Gasteiger partial charge is 1.00 e. The van der Waals surface area contributed by atoms with E-state index in [0.717, 1.165) is 0 Å². The van der Waals surface area contributed by atoms with Crippen LogP contribution in [0.5, 0.6) is 0 Å². The van der Waals surface area contributed by atoms with Crippen LogP contribution in [-0.4, -0.2) is 67.9 Å². The highest BCUT2D eigenvalue weighted by Gasteiger charge is 2.53. The molecule has 100 valence electrons. The zero-order chi connectivity index (χ0) is 12.6. The molecule has 0 aromatic carbocycles. The Hall–Kier alpha value is -0.410. The predicted molar refractivity (Wildman–Crippen MR) is 56.4 cm³/mol. The van der Waals surface area contributed by atoms with Crippen molar-refractivity contribution in [2.75, 3.05) is 34.8 Å². The molecule has 0 bridgehead atoms. The Bertz CT molecular complexity index is 316. The summed E-state index contributed by atoms with van der Waals surface area (Å²) in [5.41, 5.74) is -1.11. The summed E-state index contributed by atoms with van der Waals surface area (Å²) in [6.07, 6.45) is -1.07. The number of carbonyl (C=O) groups excluding carboxylic acids is 2. The molecular weight excluding hydrogens is 339 g/mol. The fourth-order valence-electron chi connectivity index (χ4n) is 2.10. The Balaban J connectivity index is 0.00000256. The number of likely N-dealkylation sites (N-methyl/N-ethyl adjacent to an activating group) is 1. The summed E-state index contributed by atoms with van der Waals surface area (Å²) >= 11 is 0. The van der Waals surface area contributed by atoms with E-state index in [4.69, 9.17) is 4.74 Å².